The molecule has 0 fully saturated rings. The summed E-state index contributed by atoms with van der Waals surface area (Å²) in [7, 11) is 0. The third kappa shape index (κ3) is 1.96. The summed E-state index contributed by atoms with van der Waals surface area (Å²) in [5.74, 6) is 0. The molecule has 4 aromatic rings. The van der Waals surface area contributed by atoms with Gasteiger partial charge in [-0.3, -0.25) is 0 Å². The second-order valence-electron chi connectivity index (χ2n) is 4.60. The number of benzene rings is 2. The van der Waals surface area contributed by atoms with Gasteiger partial charge in [-0.1, -0.05) is 65.1 Å². The average Bonchev–Trinajstić information content (AvgIpc) is 3.14. The third-order valence-corrected chi connectivity index (χ3v) is 5.18. The van der Waals surface area contributed by atoms with Gasteiger partial charge in [0.2, 0.25) is 11.0 Å². The van der Waals surface area contributed by atoms with Gasteiger partial charge >= 0.3 is 0 Å². The van der Waals surface area contributed by atoms with Crippen molar-refractivity contribution in [3.05, 3.63) is 71.6 Å². The molecule has 0 saturated heterocycles. The highest BCUT2D eigenvalue weighted by Crippen LogP contribution is 2.27. The molecule has 20 heavy (non-hydrogen) atoms. The number of hydrogen-bond acceptors (Lipinski definition) is 2. The van der Waals surface area contributed by atoms with Crippen molar-refractivity contribution in [1.29, 1.82) is 0 Å². The minimum atomic E-state index is 1.27. The van der Waals surface area contributed by atoms with Gasteiger partial charge in [-0.15, -0.1) is 4.57 Å². The molecule has 2 aromatic carbocycles. The van der Waals surface area contributed by atoms with E-state index in [-0.39, 0.29) is 0 Å². The molecule has 2 aromatic heterocycles. The van der Waals surface area contributed by atoms with Crippen LogP contribution >= 0.6 is 22.7 Å². The molecule has 0 bridgehead atoms. The quantitative estimate of drug-likeness (QED) is 0.463. The molecule has 0 spiro atoms. The van der Waals surface area contributed by atoms with Crippen LogP contribution in [0.4, 0.5) is 0 Å². The maximum atomic E-state index is 2.27. The summed E-state index contributed by atoms with van der Waals surface area (Å²) < 4.78 is 3.60. The lowest BCUT2D eigenvalue weighted by Gasteiger charge is -1.93. The van der Waals surface area contributed by atoms with Gasteiger partial charge in [0, 0.05) is 17.5 Å². The fraction of sp³-hybridized carbons (Fsp3) is 0. The summed E-state index contributed by atoms with van der Waals surface area (Å²) in [5.41, 5.74) is 6.02. The SMILES string of the molecule is c1ccc(-c2csc(-[n+]3csc4ccccc43)c2)cc1. The van der Waals surface area contributed by atoms with Crippen molar-refractivity contribution in [3.63, 3.8) is 0 Å². The Morgan fingerprint density at radius 1 is 0.750 bits per heavy atom. The summed E-state index contributed by atoms with van der Waals surface area (Å²) in [6.45, 7) is 0. The van der Waals surface area contributed by atoms with Gasteiger partial charge in [-0.05, 0) is 17.2 Å². The maximum absolute atomic E-state index is 2.27. The van der Waals surface area contributed by atoms with Gasteiger partial charge in [-0.25, -0.2) is 0 Å². The molecule has 3 heteroatoms. The van der Waals surface area contributed by atoms with Crippen LogP contribution in [0.15, 0.2) is 71.6 Å². The summed E-state index contributed by atoms with van der Waals surface area (Å²) in [6, 6.07) is 21.3. The second-order valence-corrected chi connectivity index (χ2v) is 6.38. The van der Waals surface area contributed by atoms with Crippen molar-refractivity contribution in [3.8, 4) is 16.1 Å². The maximum Gasteiger partial charge on any atom is 0.268 e. The highest BCUT2D eigenvalue weighted by molar-refractivity contribution is 7.16. The summed E-state index contributed by atoms with van der Waals surface area (Å²) in [5, 5.41) is 3.49. The highest BCUT2D eigenvalue weighted by Gasteiger charge is 2.16. The Morgan fingerprint density at radius 3 is 2.45 bits per heavy atom. The normalized spacial score (nSPS) is 11.0. The van der Waals surface area contributed by atoms with E-state index < -0.39 is 0 Å². The van der Waals surface area contributed by atoms with Crippen molar-refractivity contribution >= 4 is 32.9 Å². The van der Waals surface area contributed by atoms with Crippen molar-refractivity contribution in [2.45, 2.75) is 0 Å². The molecule has 0 radical (unpaired) electrons. The van der Waals surface area contributed by atoms with Gasteiger partial charge in [0.25, 0.3) is 5.00 Å². The van der Waals surface area contributed by atoms with Crippen LogP contribution in [0.5, 0.6) is 0 Å². The Morgan fingerprint density at radius 2 is 1.55 bits per heavy atom. The molecule has 0 unspecified atom stereocenters. The molecule has 0 atom stereocenters. The first-order valence-corrected chi connectivity index (χ1v) is 8.20. The Hall–Kier alpha value is -1.97. The van der Waals surface area contributed by atoms with Gasteiger partial charge in [-0.2, -0.15) is 0 Å². The smallest absolute Gasteiger partial charge is 0.140 e. The van der Waals surface area contributed by atoms with E-state index in [4.69, 9.17) is 0 Å². The van der Waals surface area contributed by atoms with Crippen molar-refractivity contribution < 1.29 is 4.57 Å². The Labute approximate surface area is 125 Å². The van der Waals surface area contributed by atoms with Crippen LogP contribution in [-0.2, 0) is 0 Å². The zero-order valence-electron chi connectivity index (χ0n) is 10.7. The Balaban J connectivity index is 1.82. The van der Waals surface area contributed by atoms with E-state index in [2.05, 4.69) is 76.1 Å². The predicted molar refractivity (Wildman–Crippen MR) is 86.7 cm³/mol. The monoisotopic (exact) mass is 294 g/mol. The first kappa shape index (κ1) is 11.8. The summed E-state index contributed by atoms with van der Waals surface area (Å²) in [4.78, 5) is 0. The van der Waals surface area contributed by atoms with E-state index in [1.807, 2.05) is 0 Å². The molecule has 1 nitrogen and oxygen atoms in total. The largest absolute Gasteiger partial charge is 0.268 e. The topological polar surface area (TPSA) is 3.88 Å². The molecule has 0 saturated carbocycles. The van der Waals surface area contributed by atoms with Crippen molar-refractivity contribution in [2.75, 3.05) is 0 Å². The summed E-state index contributed by atoms with van der Waals surface area (Å²) in [6.07, 6.45) is 0. The molecular weight excluding hydrogens is 282 g/mol. The minimum Gasteiger partial charge on any atom is -0.140 e. The molecule has 0 aliphatic heterocycles. The molecule has 0 amide bonds. The number of thiophene rings is 1. The minimum absolute atomic E-state index is 1.27. The highest BCUT2D eigenvalue weighted by atomic mass is 32.1. The number of rotatable bonds is 2. The van der Waals surface area contributed by atoms with Crippen LogP contribution in [-0.4, -0.2) is 0 Å². The van der Waals surface area contributed by atoms with E-state index in [1.54, 1.807) is 22.7 Å². The Bertz CT molecular complexity index is 859. The standard InChI is InChI=1S/C17H12NS2/c1-2-6-13(7-3-1)14-10-17(19-11-14)18-12-20-16-9-5-4-8-15(16)18/h1-12H/q+1. The lowest BCUT2D eigenvalue weighted by atomic mass is 10.1. The van der Waals surface area contributed by atoms with Crippen molar-refractivity contribution in [2.24, 2.45) is 0 Å². The lowest BCUT2D eigenvalue weighted by molar-refractivity contribution is -0.557. The van der Waals surface area contributed by atoms with Crippen LogP contribution in [0.25, 0.3) is 26.3 Å². The first-order chi connectivity index (χ1) is 9.92. The number of para-hydroxylation sites is 1. The third-order valence-electron chi connectivity index (χ3n) is 3.34. The number of fused-ring (bicyclic) bond motifs is 1. The number of hydrogen-bond donors (Lipinski definition) is 0. The van der Waals surface area contributed by atoms with Crippen LogP contribution in [0, 0.1) is 0 Å². The number of thiazole rings is 1. The zero-order chi connectivity index (χ0) is 13.4. The van der Waals surface area contributed by atoms with Crippen LogP contribution < -0.4 is 4.57 Å². The van der Waals surface area contributed by atoms with Gasteiger partial charge in [0.05, 0.1) is 0 Å². The second kappa shape index (κ2) is 4.85. The molecule has 0 aliphatic rings. The molecule has 0 N–H and O–H groups in total. The van der Waals surface area contributed by atoms with Gasteiger partial charge < -0.3 is 0 Å². The molecule has 96 valence electrons. The average molecular weight is 294 g/mol. The zero-order valence-corrected chi connectivity index (χ0v) is 12.3. The van der Waals surface area contributed by atoms with Gasteiger partial charge in [0.15, 0.2) is 0 Å². The molecule has 4 rings (SSSR count). The lowest BCUT2D eigenvalue weighted by Crippen LogP contribution is -2.26. The van der Waals surface area contributed by atoms with E-state index in [9.17, 15) is 0 Å². The molecule has 0 aliphatic carbocycles. The fourth-order valence-corrected chi connectivity index (χ4v) is 4.19. The van der Waals surface area contributed by atoms with E-state index >= 15 is 0 Å². The number of nitrogens with zero attached hydrogens (tertiary/aromatic N) is 1. The van der Waals surface area contributed by atoms with Gasteiger partial charge in [0.1, 0.15) is 4.70 Å². The number of aromatic nitrogens is 1. The van der Waals surface area contributed by atoms with E-state index in [0.717, 1.165) is 0 Å². The van der Waals surface area contributed by atoms with E-state index in [0.29, 0.717) is 0 Å². The van der Waals surface area contributed by atoms with E-state index in [1.165, 1.54) is 26.3 Å². The summed E-state index contributed by atoms with van der Waals surface area (Å²) >= 11 is 3.57. The van der Waals surface area contributed by atoms with Crippen molar-refractivity contribution in [1.82, 2.24) is 0 Å². The molecule has 2 heterocycles. The van der Waals surface area contributed by atoms with Crippen LogP contribution in [0.2, 0.25) is 0 Å². The fourth-order valence-electron chi connectivity index (χ4n) is 2.33. The van der Waals surface area contributed by atoms with Crippen LogP contribution in [0.3, 0.4) is 0 Å². The predicted octanol–water partition coefficient (Wildman–Crippen LogP) is 4.91. The first-order valence-electron chi connectivity index (χ1n) is 6.44. The molecular formula is C17H12NS2+. The van der Waals surface area contributed by atoms with Crippen LogP contribution in [0.1, 0.15) is 0 Å². The Kier molecular flexibility index (Phi) is 2.87.